The van der Waals surface area contributed by atoms with Gasteiger partial charge < -0.3 is 9.31 Å². The van der Waals surface area contributed by atoms with Crippen LogP contribution in [0.5, 0.6) is 11.5 Å². The molecule has 1 aliphatic rings. The molecule has 1 unspecified atom stereocenters. The Balaban J connectivity index is 1.64. The molecule has 3 heteroatoms. The smallest absolute Gasteiger partial charge is 0.523 e. The minimum atomic E-state index is -0.261. The number of para-hydroxylation sites is 2. The molecule has 3 aromatic rings. The molecule has 102 valence electrons. The molecule has 0 N–H and O–H groups in total. The fourth-order valence-electron chi connectivity index (χ4n) is 2.77. The average molecular weight is 274 g/mol. The lowest BCUT2D eigenvalue weighted by atomic mass is 9.69. The number of benzene rings is 3. The minimum absolute atomic E-state index is 0.169. The zero-order valence-corrected chi connectivity index (χ0v) is 11.8. The fraction of sp³-hybridized carbons (Fsp3) is 0.111. The Bertz CT molecular complexity index is 775. The molecule has 0 fully saturated rings. The molecule has 0 aliphatic carbocycles. The maximum Gasteiger partial charge on any atom is 0.602 e. The van der Waals surface area contributed by atoms with Crippen LogP contribution in [-0.2, 0) is 0 Å². The first-order chi connectivity index (χ1) is 10.3. The Morgan fingerprint density at radius 2 is 1.38 bits per heavy atom. The minimum Gasteiger partial charge on any atom is -0.523 e. The van der Waals surface area contributed by atoms with Gasteiger partial charge in [-0.2, -0.15) is 0 Å². The van der Waals surface area contributed by atoms with Gasteiger partial charge in [0, 0.05) is 5.82 Å². The van der Waals surface area contributed by atoms with Gasteiger partial charge >= 0.3 is 7.12 Å². The summed E-state index contributed by atoms with van der Waals surface area (Å²) < 4.78 is 11.8. The van der Waals surface area contributed by atoms with Crippen LogP contribution >= 0.6 is 0 Å². The number of rotatable bonds is 2. The van der Waals surface area contributed by atoms with Crippen LogP contribution in [0.15, 0.2) is 66.7 Å². The number of hydrogen-bond acceptors (Lipinski definition) is 2. The van der Waals surface area contributed by atoms with Crippen LogP contribution in [0, 0.1) is 0 Å². The Hall–Kier alpha value is -2.42. The third kappa shape index (κ3) is 2.15. The molecule has 0 amide bonds. The summed E-state index contributed by atoms with van der Waals surface area (Å²) in [5, 5.41) is 2.50. The molecule has 0 radical (unpaired) electrons. The van der Waals surface area contributed by atoms with Gasteiger partial charge in [0.05, 0.1) is 0 Å². The second kappa shape index (κ2) is 4.85. The third-order valence-corrected chi connectivity index (χ3v) is 4.04. The number of hydrogen-bond donors (Lipinski definition) is 0. The van der Waals surface area contributed by atoms with Crippen molar-refractivity contribution in [2.24, 2.45) is 0 Å². The fourth-order valence-corrected chi connectivity index (χ4v) is 2.77. The van der Waals surface area contributed by atoms with Crippen molar-refractivity contribution in [2.45, 2.75) is 12.7 Å². The van der Waals surface area contributed by atoms with Crippen molar-refractivity contribution < 1.29 is 9.31 Å². The molecule has 1 aliphatic heterocycles. The van der Waals surface area contributed by atoms with Crippen molar-refractivity contribution in [3.05, 3.63) is 72.3 Å². The zero-order chi connectivity index (χ0) is 14.2. The van der Waals surface area contributed by atoms with E-state index >= 15 is 0 Å². The van der Waals surface area contributed by atoms with Crippen LogP contribution in [0.3, 0.4) is 0 Å². The van der Waals surface area contributed by atoms with Gasteiger partial charge in [-0.1, -0.05) is 61.5 Å². The van der Waals surface area contributed by atoms with E-state index in [9.17, 15) is 0 Å². The summed E-state index contributed by atoms with van der Waals surface area (Å²) in [5.41, 5.74) is 1.23. The second-order valence-corrected chi connectivity index (χ2v) is 5.45. The van der Waals surface area contributed by atoms with Crippen molar-refractivity contribution in [3.8, 4) is 11.5 Å². The van der Waals surface area contributed by atoms with Crippen LogP contribution < -0.4 is 9.31 Å². The number of fused-ring (bicyclic) bond motifs is 2. The standard InChI is InChI=1S/C18H15BO2/c1-13(19-20-17-8-4-5-9-18(17)21-19)15-11-10-14-6-2-3-7-16(14)12-15/h2-13H,1H3. The van der Waals surface area contributed by atoms with Gasteiger partial charge in [-0.05, 0) is 28.5 Å². The van der Waals surface area contributed by atoms with E-state index in [1.807, 2.05) is 24.3 Å². The van der Waals surface area contributed by atoms with Crippen molar-refractivity contribution >= 4 is 17.9 Å². The topological polar surface area (TPSA) is 18.5 Å². The second-order valence-electron chi connectivity index (χ2n) is 5.45. The molecule has 0 bridgehead atoms. The van der Waals surface area contributed by atoms with E-state index in [0.29, 0.717) is 0 Å². The summed E-state index contributed by atoms with van der Waals surface area (Å²) >= 11 is 0. The van der Waals surface area contributed by atoms with E-state index in [-0.39, 0.29) is 12.9 Å². The molecular formula is C18H15BO2. The highest BCUT2D eigenvalue weighted by atomic mass is 16.6. The van der Waals surface area contributed by atoms with Crippen molar-refractivity contribution in [1.82, 2.24) is 0 Å². The van der Waals surface area contributed by atoms with Gasteiger partial charge in [-0.25, -0.2) is 0 Å². The molecule has 1 atom stereocenters. The molecular weight excluding hydrogens is 259 g/mol. The van der Waals surface area contributed by atoms with Gasteiger partial charge in [0.15, 0.2) is 0 Å². The molecule has 0 aromatic heterocycles. The summed E-state index contributed by atoms with van der Waals surface area (Å²) in [6, 6.07) is 22.7. The van der Waals surface area contributed by atoms with E-state index in [4.69, 9.17) is 9.31 Å². The molecule has 1 heterocycles. The molecule has 0 saturated carbocycles. The summed E-state index contributed by atoms with van der Waals surface area (Å²) in [6.07, 6.45) is 0. The summed E-state index contributed by atoms with van der Waals surface area (Å²) in [4.78, 5) is 0. The average Bonchev–Trinajstić information content (AvgIpc) is 2.97. The monoisotopic (exact) mass is 274 g/mol. The Kier molecular flexibility index (Phi) is 2.85. The predicted molar refractivity (Wildman–Crippen MR) is 85.8 cm³/mol. The lowest BCUT2D eigenvalue weighted by molar-refractivity contribution is 0.480. The first-order valence-corrected chi connectivity index (χ1v) is 7.22. The summed E-state index contributed by atoms with van der Waals surface area (Å²) in [6.45, 7) is 2.14. The van der Waals surface area contributed by atoms with Gasteiger partial charge in [0.1, 0.15) is 11.5 Å². The van der Waals surface area contributed by atoms with Crippen LogP contribution in [-0.4, -0.2) is 7.12 Å². The lowest BCUT2D eigenvalue weighted by Crippen LogP contribution is -2.31. The normalized spacial score (nSPS) is 14.4. The van der Waals surface area contributed by atoms with Crippen molar-refractivity contribution in [2.75, 3.05) is 0 Å². The van der Waals surface area contributed by atoms with E-state index in [1.165, 1.54) is 16.3 Å². The largest absolute Gasteiger partial charge is 0.602 e. The lowest BCUT2D eigenvalue weighted by Gasteiger charge is -2.14. The molecule has 21 heavy (non-hydrogen) atoms. The summed E-state index contributed by atoms with van der Waals surface area (Å²) in [7, 11) is -0.261. The summed E-state index contributed by atoms with van der Waals surface area (Å²) in [5.74, 6) is 1.83. The third-order valence-electron chi connectivity index (χ3n) is 4.04. The van der Waals surface area contributed by atoms with Crippen LogP contribution in [0.25, 0.3) is 10.8 Å². The van der Waals surface area contributed by atoms with Crippen LogP contribution in [0.1, 0.15) is 18.3 Å². The van der Waals surface area contributed by atoms with Gasteiger partial charge in [-0.3, -0.25) is 0 Å². The van der Waals surface area contributed by atoms with Gasteiger partial charge in [-0.15, -0.1) is 0 Å². The predicted octanol–water partition coefficient (Wildman–Crippen LogP) is 4.44. The maximum absolute atomic E-state index is 5.91. The van der Waals surface area contributed by atoms with E-state index in [1.54, 1.807) is 0 Å². The van der Waals surface area contributed by atoms with Gasteiger partial charge in [0.25, 0.3) is 0 Å². The molecule has 4 rings (SSSR count). The van der Waals surface area contributed by atoms with Crippen LogP contribution in [0.4, 0.5) is 0 Å². The van der Waals surface area contributed by atoms with Gasteiger partial charge in [0.2, 0.25) is 0 Å². The quantitative estimate of drug-likeness (QED) is 0.643. The first-order valence-electron chi connectivity index (χ1n) is 7.22. The Morgan fingerprint density at radius 3 is 2.10 bits per heavy atom. The van der Waals surface area contributed by atoms with Crippen molar-refractivity contribution in [1.29, 1.82) is 0 Å². The van der Waals surface area contributed by atoms with Crippen molar-refractivity contribution in [3.63, 3.8) is 0 Å². The zero-order valence-electron chi connectivity index (χ0n) is 11.8. The molecule has 0 spiro atoms. The highest BCUT2D eigenvalue weighted by Gasteiger charge is 2.38. The van der Waals surface area contributed by atoms with Crippen LogP contribution in [0.2, 0.25) is 0 Å². The molecule has 0 saturated heterocycles. The Labute approximate surface area is 124 Å². The first kappa shape index (κ1) is 12.3. The molecule has 3 aromatic carbocycles. The van der Waals surface area contributed by atoms with E-state index < -0.39 is 0 Å². The highest BCUT2D eigenvalue weighted by molar-refractivity contribution is 6.49. The Morgan fingerprint density at radius 1 is 0.762 bits per heavy atom. The SMILES string of the molecule is CC(B1Oc2ccccc2O1)c1ccc2ccccc2c1. The highest BCUT2D eigenvalue weighted by Crippen LogP contribution is 2.36. The maximum atomic E-state index is 5.91. The molecule has 2 nitrogen and oxygen atoms in total. The van der Waals surface area contributed by atoms with E-state index in [2.05, 4.69) is 49.4 Å². The van der Waals surface area contributed by atoms with E-state index in [0.717, 1.165) is 11.5 Å².